The normalized spacial score (nSPS) is 1.82. The molecule has 0 aromatic heterocycles. The van der Waals surface area contributed by atoms with Crippen LogP contribution < -0.4 is 0 Å². The standard InChI is InChI=1S/10CHO.2Mn/c10*1-2;;/h10*1H;;/q10*-1;;. The Kier molecular flexibility index (Phi) is 6070. The van der Waals surface area contributed by atoms with Gasteiger partial charge in [-0.15, -0.1) is 0 Å². The van der Waals surface area contributed by atoms with Crippen molar-refractivity contribution in [3.05, 3.63) is 0 Å². The van der Waals surface area contributed by atoms with Gasteiger partial charge in [-0.2, -0.15) is 0 Å². The molecule has 0 aliphatic heterocycles. The first-order chi connectivity index (χ1) is 10.0. The van der Waals surface area contributed by atoms with Gasteiger partial charge in [-0.25, -0.2) is 0 Å². The summed E-state index contributed by atoms with van der Waals surface area (Å²) in [7, 11) is 0. The SMILES string of the molecule is [CH-]=O.[CH-]=O.[CH-]=O.[CH-]=O.[CH-]=O.[CH-]=O.[CH-]=O.[CH-]=O.[CH-]=O.[CH-]=O.[Mn].[Mn]. The van der Waals surface area contributed by atoms with E-state index in [0.717, 1.165) is 0 Å². The van der Waals surface area contributed by atoms with Crippen LogP contribution in [0.15, 0.2) is 0 Å². The summed E-state index contributed by atoms with van der Waals surface area (Å²) in [6, 6.07) is 0. The fraction of sp³-hybridized carbons (Fsp3) is 0. The molecule has 0 saturated heterocycles. The van der Waals surface area contributed by atoms with Gasteiger partial charge in [-0.05, 0) is 0 Å². The Labute approximate surface area is 150 Å². The fourth-order valence-electron chi connectivity index (χ4n) is 0. The van der Waals surface area contributed by atoms with Crippen LogP contribution in [0.4, 0.5) is 0 Å². The van der Waals surface area contributed by atoms with E-state index in [0.29, 0.717) is 0 Å². The molecule has 0 fully saturated rings. The molecule has 0 saturated carbocycles. The third-order valence-corrected chi connectivity index (χ3v) is 0. The van der Waals surface area contributed by atoms with Crippen molar-refractivity contribution in [2.24, 2.45) is 0 Å². The fourth-order valence-corrected chi connectivity index (χ4v) is 0. The zero-order chi connectivity index (χ0) is 20.0. The van der Waals surface area contributed by atoms with Crippen molar-refractivity contribution >= 4 is 67.9 Å². The predicted molar refractivity (Wildman–Crippen MR) is 67.5 cm³/mol. The molecule has 10 nitrogen and oxygen atoms in total. The van der Waals surface area contributed by atoms with Gasteiger partial charge >= 0.3 is 0 Å². The van der Waals surface area contributed by atoms with Crippen LogP contribution in [0.5, 0.6) is 0 Å². The molecule has 0 unspecified atom stereocenters. The van der Waals surface area contributed by atoms with Gasteiger partial charge in [0.2, 0.25) is 0 Å². The van der Waals surface area contributed by atoms with Crippen molar-refractivity contribution in [1.82, 2.24) is 0 Å². The van der Waals surface area contributed by atoms with Crippen LogP contribution in [0.1, 0.15) is 0 Å². The Morgan fingerprint density at radius 2 is 0.182 bits per heavy atom. The summed E-state index contributed by atoms with van der Waals surface area (Å²) in [6.07, 6.45) is 0. The van der Waals surface area contributed by atoms with Crippen LogP contribution >= 0.6 is 0 Å². The monoisotopic (exact) mass is 400 g/mol. The molecule has 2 radical (unpaired) electrons. The molecule has 0 spiro atoms. The summed E-state index contributed by atoms with van der Waals surface area (Å²) in [5, 5.41) is 0. The van der Waals surface area contributed by atoms with E-state index in [2.05, 4.69) is 67.9 Å². The van der Waals surface area contributed by atoms with Crippen molar-refractivity contribution in [2.75, 3.05) is 0 Å². The predicted octanol–water partition coefficient (Wildman–Crippen LogP) is -2.75. The topological polar surface area (TPSA) is 171 Å². The van der Waals surface area contributed by atoms with Crippen LogP contribution in [0, 0.1) is 0 Å². The zero-order valence-corrected chi connectivity index (χ0v) is 13.0. The van der Waals surface area contributed by atoms with Crippen LogP contribution in [-0.4, -0.2) is 67.9 Å². The maximum atomic E-state index is 7.75. The Balaban J connectivity index is -0.00000000500. The van der Waals surface area contributed by atoms with Gasteiger partial charge in [0.25, 0.3) is 0 Å². The summed E-state index contributed by atoms with van der Waals surface area (Å²) >= 11 is 0. The molecule has 0 aliphatic rings. The van der Waals surface area contributed by atoms with E-state index in [-0.39, 0.29) is 34.1 Å². The molecule has 0 atom stereocenters. The second-order valence-corrected chi connectivity index (χ2v) is 0. The van der Waals surface area contributed by atoms with E-state index in [1.807, 2.05) is 0 Å². The Morgan fingerprint density at radius 1 is 0.182 bits per heavy atom. The summed E-state index contributed by atoms with van der Waals surface area (Å²) in [4.78, 5) is 77.5. The van der Waals surface area contributed by atoms with E-state index in [9.17, 15) is 0 Å². The van der Waals surface area contributed by atoms with Crippen molar-refractivity contribution in [1.29, 1.82) is 0 Å². The third kappa shape index (κ3) is 972. The Morgan fingerprint density at radius 3 is 0.182 bits per heavy atom. The average Bonchev–Trinajstić information content (AvgIpc) is 2.71. The molecule has 134 valence electrons. The summed E-state index contributed by atoms with van der Waals surface area (Å²) in [5.74, 6) is 0. The summed E-state index contributed by atoms with van der Waals surface area (Å²) in [6.45, 7) is 32.5. The van der Waals surface area contributed by atoms with Gasteiger partial charge in [0.1, 0.15) is 0 Å². The third-order valence-electron chi connectivity index (χ3n) is 0. The maximum absolute atomic E-state index is 7.75. The molecule has 0 heterocycles. The van der Waals surface area contributed by atoms with Crippen LogP contribution in [0.2, 0.25) is 0 Å². The zero-order valence-electron chi connectivity index (χ0n) is 10.6. The van der Waals surface area contributed by atoms with E-state index in [1.165, 1.54) is 0 Å². The second kappa shape index (κ2) is 1150. The number of hydrogen-bond donors (Lipinski definition) is 0. The van der Waals surface area contributed by atoms with Crippen molar-refractivity contribution < 1.29 is 82.1 Å². The number of carbonyl (C=O) groups excluding carboxylic acids is 10. The molecular formula is C10H10Mn2O10-10. The number of hydrogen-bond acceptors (Lipinski definition) is 10. The first kappa shape index (κ1) is 116. The molecule has 22 heavy (non-hydrogen) atoms. The molecule has 0 aromatic rings. The largest absolute Gasteiger partial charge is 0.545 e. The van der Waals surface area contributed by atoms with Gasteiger partial charge < -0.3 is 47.9 Å². The average molecular weight is 400 g/mol. The molecule has 0 rings (SSSR count). The molecule has 0 bridgehead atoms. The molecule has 0 aromatic carbocycles. The smallest absolute Gasteiger partial charge is 0 e. The molecule has 12 heteroatoms. The Bertz CT molecular complexity index is 62.9. The van der Waals surface area contributed by atoms with Gasteiger partial charge in [-0.3, -0.25) is 67.9 Å². The second-order valence-electron chi connectivity index (χ2n) is 0. The van der Waals surface area contributed by atoms with E-state index < -0.39 is 0 Å². The summed E-state index contributed by atoms with van der Waals surface area (Å²) in [5.41, 5.74) is 0. The molecular weight excluding hydrogens is 390 g/mol. The summed E-state index contributed by atoms with van der Waals surface area (Å²) < 4.78 is 0. The van der Waals surface area contributed by atoms with E-state index in [1.54, 1.807) is 0 Å². The van der Waals surface area contributed by atoms with Gasteiger partial charge in [0.15, 0.2) is 0 Å². The van der Waals surface area contributed by atoms with E-state index >= 15 is 0 Å². The quantitative estimate of drug-likeness (QED) is 0.236. The molecule has 0 N–H and O–H groups in total. The van der Waals surface area contributed by atoms with Gasteiger partial charge in [-0.1, -0.05) is 0 Å². The van der Waals surface area contributed by atoms with Gasteiger partial charge in [0.05, 0.1) is 0 Å². The Hall–Kier alpha value is -2.26. The molecule has 0 amide bonds. The first-order valence-corrected chi connectivity index (χ1v) is 2.36. The van der Waals surface area contributed by atoms with Crippen LogP contribution in [0.25, 0.3) is 0 Å². The maximum Gasteiger partial charge on any atom is 0 e. The minimum atomic E-state index is 0. The first-order valence-electron chi connectivity index (χ1n) is 2.36. The minimum Gasteiger partial charge on any atom is -0.545 e. The number of rotatable bonds is 0. The van der Waals surface area contributed by atoms with E-state index in [4.69, 9.17) is 47.9 Å². The van der Waals surface area contributed by atoms with Crippen molar-refractivity contribution in [3.63, 3.8) is 0 Å². The molecule has 0 aliphatic carbocycles. The van der Waals surface area contributed by atoms with Crippen LogP contribution in [-0.2, 0) is 82.1 Å². The van der Waals surface area contributed by atoms with Crippen molar-refractivity contribution in [2.45, 2.75) is 0 Å². The van der Waals surface area contributed by atoms with Crippen LogP contribution in [0.3, 0.4) is 0 Å². The van der Waals surface area contributed by atoms with Gasteiger partial charge in [0, 0.05) is 34.1 Å². The van der Waals surface area contributed by atoms with Crippen molar-refractivity contribution in [3.8, 4) is 0 Å². The minimum absolute atomic E-state index is 0.